The van der Waals surface area contributed by atoms with Crippen LogP contribution in [0.5, 0.6) is 0 Å². The second-order valence-corrected chi connectivity index (χ2v) is 6.16. The van der Waals surface area contributed by atoms with Crippen LogP contribution in [0.4, 0.5) is 5.69 Å². The molecule has 3 nitrogen and oxygen atoms in total. The van der Waals surface area contributed by atoms with Gasteiger partial charge in [0.15, 0.2) is 0 Å². The van der Waals surface area contributed by atoms with Crippen LogP contribution in [0, 0.1) is 0 Å². The van der Waals surface area contributed by atoms with Crippen molar-refractivity contribution in [3.63, 3.8) is 0 Å². The second kappa shape index (κ2) is 6.25. The summed E-state index contributed by atoms with van der Waals surface area (Å²) in [5.41, 5.74) is 2.18. The summed E-state index contributed by atoms with van der Waals surface area (Å²) in [6.45, 7) is 10.7. The summed E-state index contributed by atoms with van der Waals surface area (Å²) < 4.78 is 1.07. The number of benzene rings is 1. The molecule has 1 aliphatic heterocycles. The summed E-state index contributed by atoms with van der Waals surface area (Å²) >= 11 is 3.64. The first-order valence-corrected chi connectivity index (χ1v) is 7.78. The molecule has 1 aromatic rings. The number of piperazine rings is 1. The Labute approximate surface area is 124 Å². The molecule has 19 heavy (non-hydrogen) atoms. The number of nitrogens with zero attached hydrogens (tertiary/aromatic N) is 2. The third-order valence-corrected chi connectivity index (χ3v) is 4.60. The van der Waals surface area contributed by atoms with Crippen molar-refractivity contribution in [3.8, 4) is 0 Å². The Balaban J connectivity index is 2.15. The molecule has 4 heteroatoms. The SMILES string of the molecule is CCN1CCN(c2ccc([C@H](C)O)cc2Br)CC1C. The summed E-state index contributed by atoms with van der Waals surface area (Å²) in [7, 11) is 0. The van der Waals surface area contributed by atoms with Crippen molar-refractivity contribution < 1.29 is 5.11 Å². The predicted octanol–water partition coefficient (Wildman–Crippen LogP) is 3.03. The Morgan fingerprint density at radius 3 is 2.68 bits per heavy atom. The number of aliphatic hydroxyl groups is 1. The van der Waals surface area contributed by atoms with Gasteiger partial charge in [0.25, 0.3) is 0 Å². The van der Waals surface area contributed by atoms with Gasteiger partial charge in [-0.25, -0.2) is 0 Å². The van der Waals surface area contributed by atoms with E-state index in [1.165, 1.54) is 5.69 Å². The van der Waals surface area contributed by atoms with Gasteiger partial charge in [-0.3, -0.25) is 4.90 Å². The van der Waals surface area contributed by atoms with Crippen molar-refractivity contribution in [3.05, 3.63) is 28.2 Å². The molecule has 2 rings (SSSR count). The van der Waals surface area contributed by atoms with Crippen LogP contribution in [0.2, 0.25) is 0 Å². The number of rotatable bonds is 3. The predicted molar refractivity (Wildman–Crippen MR) is 83.7 cm³/mol. The van der Waals surface area contributed by atoms with E-state index in [0.717, 1.165) is 36.2 Å². The second-order valence-electron chi connectivity index (χ2n) is 5.31. The third kappa shape index (κ3) is 3.30. The lowest BCUT2D eigenvalue weighted by Crippen LogP contribution is -2.51. The molecule has 1 aromatic carbocycles. The van der Waals surface area contributed by atoms with Gasteiger partial charge in [-0.15, -0.1) is 0 Å². The Bertz CT molecular complexity index is 436. The van der Waals surface area contributed by atoms with Gasteiger partial charge in [0.1, 0.15) is 0 Å². The van der Waals surface area contributed by atoms with Crippen LogP contribution in [0.3, 0.4) is 0 Å². The molecule has 1 saturated heterocycles. The van der Waals surface area contributed by atoms with E-state index < -0.39 is 6.10 Å². The zero-order chi connectivity index (χ0) is 14.0. The minimum atomic E-state index is -0.416. The maximum Gasteiger partial charge on any atom is 0.0762 e. The lowest BCUT2D eigenvalue weighted by molar-refractivity contribution is 0.198. The molecule has 1 unspecified atom stereocenters. The fourth-order valence-corrected chi connectivity index (χ4v) is 3.37. The van der Waals surface area contributed by atoms with Gasteiger partial charge in [-0.2, -0.15) is 0 Å². The normalized spacial score (nSPS) is 22.6. The van der Waals surface area contributed by atoms with E-state index in [1.807, 2.05) is 12.1 Å². The lowest BCUT2D eigenvalue weighted by atomic mass is 10.1. The van der Waals surface area contributed by atoms with Crippen molar-refractivity contribution >= 4 is 21.6 Å². The highest BCUT2D eigenvalue weighted by molar-refractivity contribution is 9.10. The zero-order valence-corrected chi connectivity index (χ0v) is 13.5. The molecule has 2 atom stereocenters. The summed E-state index contributed by atoms with van der Waals surface area (Å²) in [4.78, 5) is 4.93. The number of likely N-dealkylation sites (N-methyl/N-ethyl adjacent to an activating group) is 1. The molecule has 106 valence electrons. The molecular formula is C15H23BrN2O. The van der Waals surface area contributed by atoms with Crippen molar-refractivity contribution in [1.82, 2.24) is 4.90 Å². The molecule has 0 bridgehead atoms. The van der Waals surface area contributed by atoms with E-state index in [0.29, 0.717) is 6.04 Å². The van der Waals surface area contributed by atoms with E-state index in [9.17, 15) is 5.11 Å². The molecule has 0 radical (unpaired) electrons. The van der Waals surface area contributed by atoms with E-state index in [4.69, 9.17) is 0 Å². The molecule has 0 saturated carbocycles. The van der Waals surface area contributed by atoms with Crippen LogP contribution in [-0.4, -0.2) is 42.2 Å². The molecule has 1 aliphatic rings. The zero-order valence-electron chi connectivity index (χ0n) is 11.9. The van der Waals surface area contributed by atoms with Crippen LogP contribution in [0.15, 0.2) is 22.7 Å². The molecule has 1 heterocycles. The van der Waals surface area contributed by atoms with E-state index >= 15 is 0 Å². The van der Waals surface area contributed by atoms with Crippen LogP contribution in [-0.2, 0) is 0 Å². The smallest absolute Gasteiger partial charge is 0.0762 e. The first-order chi connectivity index (χ1) is 9.02. The van der Waals surface area contributed by atoms with Gasteiger partial charge >= 0.3 is 0 Å². The fourth-order valence-electron chi connectivity index (χ4n) is 2.72. The van der Waals surface area contributed by atoms with Gasteiger partial charge in [0.05, 0.1) is 11.8 Å². The quantitative estimate of drug-likeness (QED) is 0.924. The molecule has 0 aromatic heterocycles. The number of anilines is 1. The van der Waals surface area contributed by atoms with Crippen molar-refractivity contribution in [1.29, 1.82) is 0 Å². The minimum absolute atomic E-state index is 0.416. The number of aliphatic hydroxyl groups excluding tert-OH is 1. The number of hydrogen-bond acceptors (Lipinski definition) is 3. The average Bonchev–Trinajstić information content (AvgIpc) is 2.38. The highest BCUT2D eigenvalue weighted by Gasteiger charge is 2.23. The number of hydrogen-bond donors (Lipinski definition) is 1. The van der Waals surface area contributed by atoms with Gasteiger partial charge < -0.3 is 10.0 Å². The van der Waals surface area contributed by atoms with Crippen LogP contribution >= 0.6 is 15.9 Å². The van der Waals surface area contributed by atoms with Crippen LogP contribution < -0.4 is 4.90 Å². The van der Waals surface area contributed by atoms with E-state index in [-0.39, 0.29) is 0 Å². The van der Waals surface area contributed by atoms with E-state index in [2.05, 4.69) is 45.6 Å². The van der Waals surface area contributed by atoms with Gasteiger partial charge in [-0.05, 0) is 54.0 Å². The van der Waals surface area contributed by atoms with Crippen molar-refractivity contribution in [2.24, 2.45) is 0 Å². The first kappa shape index (κ1) is 14.8. The summed E-state index contributed by atoms with van der Waals surface area (Å²) in [5, 5.41) is 9.62. The Morgan fingerprint density at radius 2 is 2.16 bits per heavy atom. The maximum absolute atomic E-state index is 9.62. The highest BCUT2D eigenvalue weighted by Crippen LogP contribution is 2.30. The highest BCUT2D eigenvalue weighted by atomic mass is 79.9. The largest absolute Gasteiger partial charge is 0.389 e. The molecule has 0 amide bonds. The maximum atomic E-state index is 9.62. The Kier molecular flexibility index (Phi) is 4.87. The Hall–Kier alpha value is -0.580. The van der Waals surface area contributed by atoms with Gasteiger partial charge in [0, 0.05) is 30.1 Å². The van der Waals surface area contributed by atoms with Gasteiger partial charge in [0.2, 0.25) is 0 Å². The molecule has 1 N–H and O–H groups in total. The van der Waals surface area contributed by atoms with E-state index in [1.54, 1.807) is 6.92 Å². The molecule has 0 spiro atoms. The summed E-state index contributed by atoms with van der Waals surface area (Å²) in [6.07, 6.45) is -0.416. The minimum Gasteiger partial charge on any atom is -0.389 e. The van der Waals surface area contributed by atoms with Gasteiger partial charge in [-0.1, -0.05) is 13.0 Å². The molecule has 1 fully saturated rings. The fraction of sp³-hybridized carbons (Fsp3) is 0.600. The first-order valence-electron chi connectivity index (χ1n) is 6.99. The van der Waals surface area contributed by atoms with Crippen LogP contribution in [0.1, 0.15) is 32.4 Å². The van der Waals surface area contributed by atoms with Crippen LogP contribution in [0.25, 0.3) is 0 Å². The third-order valence-electron chi connectivity index (χ3n) is 3.97. The summed E-state index contributed by atoms with van der Waals surface area (Å²) in [5.74, 6) is 0. The lowest BCUT2D eigenvalue weighted by Gasteiger charge is -2.41. The number of halogens is 1. The monoisotopic (exact) mass is 326 g/mol. The average molecular weight is 327 g/mol. The van der Waals surface area contributed by atoms with Crippen molar-refractivity contribution in [2.75, 3.05) is 31.1 Å². The topological polar surface area (TPSA) is 26.7 Å². The van der Waals surface area contributed by atoms with Crippen molar-refractivity contribution in [2.45, 2.75) is 32.9 Å². The molecular weight excluding hydrogens is 304 g/mol. The molecule has 0 aliphatic carbocycles. The standard InChI is InChI=1S/C15H23BrN2O/c1-4-17-7-8-18(10-11(17)2)15-6-5-13(12(3)19)9-14(15)16/h5-6,9,11-12,19H,4,7-8,10H2,1-3H3/t11?,12-/m0/s1. The summed E-state index contributed by atoms with van der Waals surface area (Å²) in [6, 6.07) is 6.74. The Morgan fingerprint density at radius 1 is 1.42 bits per heavy atom.